The lowest BCUT2D eigenvalue weighted by Crippen LogP contribution is -2.47. The fraction of sp³-hybridized carbons (Fsp3) is 0.440. The zero-order valence-corrected chi connectivity index (χ0v) is 19.0. The van der Waals surface area contributed by atoms with E-state index in [0.717, 1.165) is 16.7 Å². The van der Waals surface area contributed by atoms with Gasteiger partial charge in [-0.15, -0.1) is 0 Å². The third-order valence-corrected chi connectivity index (χ3v) is 6.05. The Balaban J connectivity index is 1.77. The molecule has 1 N–H and O–H groups in total. The number of carbonyl (C=O) groups excluding carboxylic acids is 2. The number of halogens is 1. The number of piperazine rings is 1. The lowest BCUT2D eigenvalue weighted by Gasteiger charge is -2.27. The summed E-state index contributed by atoms with van der Waals surface area (Å²) in [5.74, 6) is -0.487. The number of aryl methyl sites for hydroxylation is 1. The number of rotatable bonds is 3. The van der Waals surface area contributed by atoms with Crippen LogP contribution in [0.4, 0.5) is 9.18 Å². The molecule has 2 aliphatic heterocycles. The lowest BCUT2D eigenvalue weighted by atomic mass is 9.82. The first-order valence-electron chi connectivity index (χ1n) is 10.9. The summed E-state index contributed by atoms with van der Waals surface area (Å²) in [7, 11) is 0. The van der Waals surface area contributed by atoms with Gasteiger partial charge in [-0.1, -0.05) is 32.9 Å². The van der Waals surface area contributed by atoms with Crippen molar-refractivity contribution in [1.82, 2.24) is 10.2 Å². The van der Waals surface area contributed by atoms with E-state index < -0.39 is 18.2 Å². The van der Waals surface area contributed by atoms with Gasteiger partial charge in [0, 0.05) is 49.1 Å². The third-order valence-electron chi connectivity index (χ3n) is 6.05. The molecule has 4 rings (SSSR count). The van der Waals surface area contributed by atoms with Gasteiger partial charge < -0.3 is 19.7 Å². The Morgan fingerprint density at radius 2 is 1.94 bits per heavy atom. The maximum atomic E-state index is 14.0. The first-order chi connectivity index (χ1) is 15.1. The molecule has 1 atom stereocenters. The number of fused-ring (bicyclic) bond motifs is 1. The summed E-state index contributed by atoms with van der Waals surface area (Å²) in [4.78, 5) is 27.4. The number of cyclic esters (lactones) is 1. The van der Waals surface area contributed by atoms with Gasteiger partial charge in [-0.25, -0.2) is 14.0 Å². The minimum absolute atomic E-state index is 0.253. The Morgan fingerprint density at radius 1 is 1.22 bits per heavy atom. The van der Waals surface area contributed by atoms with Crippen LogP contribution in [0.15, 0.2) is 30.3 Å². The van der Waals surface area contributed by atoms with Crippen molar-refractivity contribution in [1.29, 1.82) is 0 Å². The molecule has 0 spiro atoms. The van der Waals surface area contributed by atoms with Crippen LogP contribution in [0.2, 0.25) is 0 Å². The Kier molecular flexibility index (Phi) is 5.95. The summed E-state index contributed by atoms with van der Waals surface area (Å²) in [5, 5.41) is 3.20. The Bertz CT molecular complexity index is 1050. The molecule has 0 aromatic heterocycles. The summed E-state index contributed by atoms with van der Waals surface area (Å²) in [6.07, 6.45) is -0.610. The predicted octanol–water partition coefficient (Wildman–Crippen LogP) is 4.39. The van der Waals surface area contributed by atoms with Gasteiger partial charge >= 0.3 is 12.1 Å². The number of hydrogen-bond donors (Lipinski definition) is 1. The van der Waals surface area contributed by atoms with Gasteiger partial charge in [0.05, 0.1) is 5.56 Å². The molecular formula is C25H29FN2O4. The molecule has 0 bridgehead atoms. The quantitative estimate of drug-likeness (QED) is 0.717. The normalized spacial score (nSPS) is 18.3. The molecule has 0 saturated carbocycles. The Labute approximate surface area is 187 Å². The number of carbonyl (C=O) groups is 2. The van der Waals surface area contributed by atoms with Crippen LogP contribution in [0.3, 0.4) is 0 Å². The zero-order valence-electron chi connectivity index (χ0n) is 19.0. The van der Waals surface area contributed by atoms with E-state index in [1.807, 2.05) is 27.7 Å². The average molecular weight is 441 g/mol. The Hall–Kier alpha value is -2.93. The molecule has 1 fully saturated rings. The molecule has 2 heterocycles. The molecule has 32 heavy (non-hydrogen) atoms. The van der Waals surface area contributed by atoms with E-state index in [0.29, 0.717) is 43.1 Å². The number of hydrogen-bond acceptors (Lipinski definition) is 5. The molecule has 2 aliphatic rings. The van der Waals surface area contributed by atoms with Gasteiger partial charge in [0.25, 0.3) is 0 Å². The first-order valence-corrected chi connectivity index (χ1v) is 10.9. The van der Waals surface area contributed by atoms with E-state index in [2.05, 4.69) is 5.32 Å². The standard InChI is InChI=1S/C25H29FN2O4/c1-15-5-6-17(26)13-16(15)14-19-20(31-24(30)28-11-9-27-10-12-28)8-7-18-21(19)23(29)32-22(18)25(2,3)4/h5-8,13,22,27H,9-12,14H2,1-4H3. The zero-order chi connectivity index (χ0) is 23.0. The van der Waals surface area contributed by atoms with Crippen LogP contribution in [-0.2, 0) is 11.2 Å². The van der Waals surface area contributed by atoms with Crippen molar-refractivity contribution in [2.75, 3.05) is 26.2 Å². The molecule has 2 aromatic rings. The molecule has 1 saturated heterocycles. The molecule has 1 unspecified atom stereocenters. The minimum Gasteiger partial charge on any atom is -0.453 e. The number of nitrogens with zero attached hydrogens (tertiary/aromatic N) is 1. The van der Waals surface area contributed by atoms with Crippen molar-refractivity contribution in [3.05, 3.63) is 64.0 Å². The van der Waals surface area contributed by atoms with E-state index in [1.165, 1.54) is 12.1 Å². The van der Waals surface area contributed by atoms with Crippen molar-refractivity contribution in [2.45, 2.75) is 40.2 Å². The van der Waals surface area contributed by atoms with Crippen LogP contribution in [0.1, 0.15) is 59.5 Å². The highest BCUT2D eigenvalue weighted by Gasteiger charge is 2.41. The van der Waals surface area contributed by atoms with E-state index in [9.17, 15) is 14.0 Å². The molecule has 6 nitrogen and oxygen atoms in total. The molecular weight excluding hydrogens is 411 g/mol. The number of benzene rings is 2. The van der Waals surface area contributed by atoms with Gasteiger partial charge in [-0.2, -0.15) is 0 Å². The van der Waals surface area contributed by atoms with Gasteiger partial charge in [0.2, 0.25) is 0 Å². The topological polar surface area (TPSA) is 67.9 Å². The molecule has 7 heteroatoms. The van der Waals surface area contributed by atoms with Gasteiger partial charge in [0.1, 0.15) is 17.7 Å². The second-order valence-electron chi connectivity index (χ2n) is 9.51. The van der Waals surface area contributed by atoms with Gasteiger partial charge in [-0.3, -0.25) is 0 Å². The number of amides is 1. The molecule has 170 valence electrons. The van der Waals surface area contributed by atoms with E-state index in [1.54, 1.807) is 23.1 Å². The number of ether oxygens (including phenoxy) is 2. The lowest BCUT2D eigenvalue weighted by molar-refractivity contribution is 0.00775. The fourth-order valence-electron chi connectivity index (χ4n) is 4.28. The van der Waals surface area contributed by atoms with Crippen LogP contribution >= 0.6 is 0 Å². The Morgan fingerprint density at radius 3 is 2.62 bits per heavy atom. The third kappa shape index (κ3) is 4.35. The number of esters is 1. The average Bonchev–Trinajstić information content (AvgIpc) is 3.10. The maximum Gasteiger partial charge on any atom is 0.415 e. The van der Waals surface area contributed by atoms with Crippen molar-refractivity contribution in [3.63, 3.8) is 0 Å². The SMILES string of the molecule is Cc1ccc(F)cc1Cc1c(OC(=O)N2CCNCC2)ccc2c1C(=O)OC2C(C)(C)C. The van der Waals surface area contributed by atoms with Crippen LogP contribution in [0.25, 0.3) is 0 Å². The van der Waals surface area contributed by atoms with Crippen LogP contribution in [0, 0.1) is 18.2 Å². The first kappa shape index (κ1) is 22.3. The summed E-state index contributed by atoms with van der Waals surface area (Å²) >= 11 is 0. The highest BCUT2D eigenvalue weighted by Crippen LogP contribution is 2.46. The fourth-order valence-corrected chi connectivity index (χ4v) is 4.28. The van der Waals surface area contributed by atoms with Crippen LogP contribution < -0.4 is 10.1 Å². The highest BCUT2D eigenvalue weighted by atomic mass is 19.1. The molecule has 0 aliphatic carbocycles. The maximum absolute atomic E-state index is 14.0. The molecule has 0 radical (unpaired) electrons. The summed E-state index contributed by atoms with van der Waals surface area (Å²) in [6.45, 7) is 10.4. The van der Waals surface area contributed by atoms with Crippen molar-refractivity contribution >= 4 is 12.1 Å². The summed E-state index contributed by atoms with van der Waals surface area (Å²) in [5.41, 5.74) is 3.06. The smallest absolute Gasteiger partial charge is 0.415 e. The predicted molar refractivity (Wildman–Crippen MR) is 118 cm³/mol. The van der Waals surface area contributed by atoms with Crippen molar-refractivity contribution in [2.24, 2.45) is 5.41 Å². The van der Waals surface area contributed by atoms with Crippen LogP contribution in [0.5, 0.6) is 5.75 Å². The second kappa shape index (κ2) is 8.54. The van der Waals surface area contributed by atoms with Gasteiger partial charge in [0.15, 0.2) is 0 Å². The highest BCUT2D eigenvalue weighted by molar-refractivity contribution is 5.97. The van der Waals surface area contributed by atoms with Gasteiger partial charge in [-0.05, 0) is 36.2 Å². The molecule has 1 amide bonds. The van der Waals surface area contributed by atoms with Crippen molar-refractivity contribution in [3.8, 4) is 5.75 Å². The largest absolute Gasteiger partial charge is 0.453 e. The summed E-state index contributed by atoms with van der Waals surface area (Å²) < 4.78 is 25.5. The van der Waals surface area contributed by atoms with Crippen LogP contribution in [-0.4, -0.2) is 43.1 Å². The van der Waals surface area contributed by atoms with E-state index in [-0.39, 0.29) is 17.7 Å². The monoisotopic (exact) mass is 440 g/mol. The van der Waals surface area contributed by atoms with Crippen molar-refractivity contribution < 1.29 is 23.5 Å². The van der Waals surface area contributed by atoms with E-state index >= 15 is 0 Å². The minimum atomic E-state index is -0.456. The second-order valence-corrected chi connectivity index (χ2v) is 9.51. The van der Waals surface area contributed by atoms with E-state index in [4.69, 9.17) is 9.47 Å². The number of nitrogens with one attached hydrogen (secondary N) is 1. The molecule has 2 aromatic carbocycles. The summed E-state index contributed by atoms with van der Waals surface area (Å²) in [6, 6.07) is 8.10.